The lowest BCUT2D eigenvalue weighted by molar-refractivity contribution is 0.416. The molecule has 2 aromatic rings. The van der Waals surface area contributed by atoms with E-state index in [1.807, 2.05) is 45.5 Å². The highest BCUT2D eigenvalue weighted by Crippen LogP contribution is 2.33. The summed E-state index contributed by atoms with van der Waals surface area (Å²) in [5, 5.41) is 7.58. The van der Waals surface area contributed by atoms with Gasteiger partial charge in [-0.3, -0.25) is 0 Å². The molecule has 0 aliphatic heterocycles. The second-order valence-electron chi connectivity index (χ2n) is 4.28. The molecule has 102 valence electrons. The van der Waals surface area contributed by atoms with Gasteiger partial charge in [-0.1, -0.05) is 12.1 Å². The SMILES string of the molecule is CNCc1c(C)nn(C)c1Oc1ccccc1SC. The molecule has 0 saturated carbocycles. The third kappa shape index (κ3) is 2.93. The number of ether oxygens (including phenoxy) is 1. The quantitative estimate of drug-likeness (QED) is 0.853. The van der Waals surface area contributed by atoms with Crippen molar-refractivity contribution in [2.45, 2.75) is 18.4 Å². The van der Waals surface area contributed by atoms with E-state index in [-0.39, 0.29) is 0 Å². The van der Waals surface area contributed by atoms with Crippen LogP contribution in [0.2, 0.25) is 0 Å². The lowest BCUT2D eigenvalue weighted by Crippen LogP contribution is -2.07. The molecule has 5 heteroatoms. The molecule has 0 bridgehead atoms. The van der Waals surface area contributed by atoms with E-state index in [1.165, 1.54) is 0 Å². The van der Waals surface area contributed by atoms with Crippen LogP contribution in [0.5, 0.6) is 11.6 Å². The van der Waals surface area contributed by atoms with E-state index in [2.05, 4.69) is 16.5 Å². The van der Waals surface area contributed by atoms with Crippen LogP contribution in [0, 0.1) is 6.92 Å². The molecule has 0 amide bonds. The van der Waals surface area contributed by atoms with Crippen molar-refractivity contribution in [2.75, 3.05) is 13.3 Å². The maximum Gasteiger partial charge on any atom is 0.222 e. The Hall–Kier alpha value is -1.46. The Bertz CT molecular complexity index is 566. The zero-order chi connectivity index (χ0) is 13.8. The van der Waals surface area contributed by atoms with Crippen molar-refractivity contribution in [2.24, 2.45) is 7.05 Å². The van der Waals surface area contributed by atoms with Gasteiger partial charge in [0.05, 0.1) is 11.3 Å². The van der Waals surface area contributed by atoms with Gasteiger partial charge in [0.25, 0.3) is 0 Å². The minimum absolute atomic E-state index is 0.746. The summed E-state index contributed by atoms with van der Waals surface area (Å²) in [4.78, 5) is 1.12. The molecule has 0 unspecified atom stereocenters. The zero-order valence-corrected chi connectivity index (χ0v) is 12.5. The number of para-hydroxylation sites is 1. The summed E-state index contributed by atoms with van der Waals surface area (Å²) in [5.41, 5.74) is 2.09. The Morgan fingerprint density at radius 2 is 2.11 bits per heavy atom. The first-order valence-corrected chi connectivity index (χ1v) is 7.37. The van der Waals surface area contributed by atoms with Crippen molar-refractivity contribution < 1.29 is 4.74 Å². The van der Waals surface area contributed by atoms with Gasteiger partial charge in [-0.05, 0) is 32.4 Å². The molecule has 0 spiro atoms. The summed E-state index contributed by atoms with van der Waals surface area (Å²) in [6.07, 6.45) is 2.05. The fourth-order valence-corrected chi connectivity index (χ4v) is 2.52. The summed E-state index contributed by atoms with van der Waals surface area (Å²) < 4.78 is 7.87. The molecule has 4 nitrogen and oxygen atoms in total. The highest BCUT2D eigenvalue weighted by molar-refractivity contribution is 7.98. The largest absolute Gasteiger partial charge is 0.438 e. The first-order chi connectivity index (χ1) is 9.17. The number of hydrogen-bond acceptors (Lipinski definition) is 4. The van der Waals surface area contributed by atoms with Crippen molar-refractivity contribution in [3.05, 3.63) is 35.5 Å². The van der Waals surface area contributed by atoms with Crippen LogP contribution < -0.4 is 10.1 Å². The molecule has 0 aliphatic carbocycles. The molecule has 2 rings (SSSR count). The molecule has 0 radical (unpaired) electrons. The maximum atomic E-state index is 6.08. The zero-order valence-electron chi connectivity index (χ0n) is 11.7. The van der Waals surface area contributed by atoms with Crippen LogP contribution in [0.25, 0.3) is 0 Å². The van der Waals surface area contributed by atoms with Crippen molar-refractivity contribution in [1.82, 2.24) is 15.1 Å². The fraction of sp³-hybridized carbons (Fsp3) is 0.357. The molecule has 1 N–H and O–H groups in total. The average Bonchev–Trinajstić information content (AvgIpc) is 2.67. The van der Waals surface area contributed by atoms with Gasteiger partial charge in [0.1, 0.15) is 5.75 Å². The number of rotatable bonds is 5. The van der Waals surface area contributed by atoms with Gasteiger partial charge < -0.3 is 10.1 Å². The molecule has 0 saturated heterocycles. The van der Waals surface area contributed by atoms with Crippen LogP contribution in [0.3, 0.4) is 0 Å². The Morgan fingerprint density at radius 3 is 2.79 bits per heavy atom. The van der Waals surface area contributed by atoms with E-state index in [4.69, 9.17) is 4.74 Å². The third-order valence-corrected chi connectivity index (χ3v) is 3.70. The molecular weight excluding hydrogens is 258 g/mol. The summed E-state index contributed by atoms with van der Waals surface area (Å²) in [7, 11) is 3.83. The lowest BCUT2D eigenvalue weighted by atomic mass is 10.2. The summed E-state index contributed by atoms with van der Waals surface area (Å²) in [5.74, 6) is 1.67. The molecule has 19 heavy (non-hydrogen) atoms. The smallest absolute Gasteiger partial charge is 0.222 e. The second-order valence-corrected chi connectivity index (χ2v) is 5.12. The average molecular weight is 277 g/mol. The third-order valence-electron chi connectivity index (χ3n) is 2.92. The van der Waals surface area contributed by atoms with E-state index in [1.54, 1.807) is 16.4 Å². The van der Waals surface area contributed by atoms with Gasteiger partial charge in [-0.15, -0.1) is 11.8 Å². The van der Waals surface area contributed by atoms with Gasteiger partial charge in [-0.2, -0.15) is 5.10 Å². The van der Waals surface area contributed by atoms with E-state index in [0.717, 1.165) is 34.3 Å². The Kier molecular flexibility index (Phi) is 4.50. The van der Waals surface area contributed by atoms with Gasteiger partial charge in [-0.25, -0.2) is 4.68 Å². The van der Waals surface area contributed by atoms with Crippen molar-refractivity contribution >= 4 is 11.8 Å². The number of hydrogen-bond donors (Lipinski definition) is 1. The van der Waals surface area contributed by atoms with E-state index in [9.17, 15) is 0 Å². The molecule has 0 fully saturated rings. The molecule has 1 heterocycles. The second kappa shape index (κ2) is 6.12. The van der Waals surface area contributed by atoms with Crippen LogP contribution in [0.15, 0.2) is 29.2 Å². The van der Waals surface area contributed by atoms with Crippen molar-refractivity contribution in [3.8, 4) is 11.6 Å². The minimum Gasteiger partial charge on any atom is -0.438 e. The van der Waals surface area contributed by atoms with E-state index < -0.39 is 0 Å². The molecule has 1 aromatic heterocycles. The summed E-state index contributed by atoms with van der Waals surface area (Å²) in [6.45, 7) is 2.75. The normalized spacial score (nSPS) is 10.7. The van der Waals surface area contributed by atoms with Gasteiger partial charge in [0, 0.05) is 18.5 Å². The van der Waals surface area contributed by atoms with E-state index >= 15 is 0 Å². The molecule has 0 atom stereocenters. The minimum atomic E-state index is 0.746. The van der Waals surface area contributed by atoms with Crippen molar-refractivity contribution in [3.63, 3.8) is 0 Å². The molecule has 0 aliphatic rings. The van der Waals surface area contributed by atoms with Crippen molar-refractivity contribution in [1.29, 1.82) is 0 Å². The van der Waals surface area contributed by atoms with Gasteiger partial charge in [0.15, 0.2) is 0 Å². The molecular formula is C14H19N3OS. The number of benzene rings is 1. The monoisotopic (exact) mass is 277 g/mol. The van der Waals surface area contributed by atoms with Crippen LogP contribution >= 0.6 is 11.8 Å². The van der Waals surface area contributed by atoms with Crippen LogP contribution in [-0.2, 0) is 13.6 Å². The van der Waals surface area contributed by atoms with Gasteiger partial charge in [0.2, 0.25) is 5.88 Å². The van der Waals surface area contributed by atoms with Crippen LogP contribution in [-0.4, -0.2) is 23.1 Å². The highest BCUT2D eigenvalue weighted by Gasteiger charge is 2.15. The number of aryl methyl sites for hydroxylation is 2. The summed E-state index contributed by atoms with van der Waals surface area (Å²) in [6, 6.07) is 8.04. The first-order valence-electron chi connectivity index (χ1n) is 6.15. The van der Waals surface area contributed by atoms with Crippen LogP contribution in [0.4, 0.5) is 0 Å². The number of nitrogens with zero attached hydrogens (tertiary/aromatic N) is 2. The maximum absolute atomic E-state index is 6.08. The number of aromatic nitrogens is 2. The Balaban J connectivity index is 2.37. The predicted octanol–water partition coefficient (Wildman–Crippen LogP) is 2.96. The van der Waals surface area contributed by atoms with Gasteiger partial charge >= 0.3 is 0 Å². The fourth-order valence-electron chi connectivity index (χ4n) is 2.00. The number of thioether (sulfide) groups is 1. The predicted molar refractivity (Wildman–Crippen MR) is 79.0 cm³/mol. The lowest BCUT2D eigenvalue weighted by Gasteiger charge is -2.11. The Labute approximate surface area is 118 Å². The Morgan fingerprint density at radius 1 is 1.37 bits per heavy atom. The summed E-state index contributed by atoms with van der Waals surface area (Å²) >= 11 is 1.68. The molecule has 1 aromatic carbocycles. The van der Waals surface area contributed by atoms with E-state index in [0.29, 0.717) is 0 Å². The number of nitrogens with one attached hydrogen (secondary N) is 1. The van der Waals surface area contributed by atoms with Crippen LogP contribution in [0.1, 0.15) is 11.3 Å². The standard InChI is InChI=1S/C14H19N3OS/c1-10-11(9-15-2)14(17(3)16-10)18-12-7-5-6-8-13(12)19-4/h5-8,15H,9H2,1-4H3. The highest BCUT2D eigenvalue weighted by atomic mass is 32.2. The topological polar surface area (TPSA) is 39.1 Å². The first kappa shape index (κ1) is 14.0.